The predicted molar refractivity (Wildman–Crippen MR) is 72.5 cm³/mol. The minimum absolute atomic E-state index is 0.0322. The fraction of sp³-hybridized carbons (Fsp3) is 0.286. The smallest absolute Gasteiger partial charge is 0.358 e. The van der Waals surface area contributed by atoms with Crippen LogP contribution in [0.3, 0.4) is 0 Å². The first-order valence-corrected chi connectivity index (χ1v) is 6.52. The predicted octanol–water partition coefficient (Wildman–Crippen LogP) is 0.905. The molecule has 1 N–H and O–H groups in total. The van der Waals surface area contributed by atoms with Crippen LogP contribution in [-0.4, -0.2) is 44.1 Å². The van der Waals surface area contributed by atoms with Crippen LogP contribution in [-0.2, 0) is 6.54 Å². The van der Waals surface area contributed by atoms with Crippen LogP contribution in [0.2, 0.25) is 0 Å². The number of hydrogen-bond donors (Lipinski definition) is 1. The molecule has 7 nitrogen and oxygen atoms in total. The molecule has 3 rings (SSSR count). The molecule has 21 heavy (non-hydrogen) atoms. The number of likely N-dealkylation sites (tertiary alicyclic amines) is 1. The lowest BCUT2D eigenvalue weighted by molar-refractivity contribution is 0.0690. The zero-order valence-electron chi connectivity index (χ0n) is 11.2. The Hall–Kier alpha value is -2.72. The molecule has 2 heterocycles. The van der Waals surface area contributed by atoms with E-state index in [4.69, 9.17) is 10.4 Å². The third kappa shape index (κ3) is 2.75. The summed E-state index contributed by atoms with van der Waals surface area (Å²) in [6, 6.07) is 9.82. The second kappa shape index (κ2) is 5.34. The molecular weight excluding hydrogens is 270 g/mol. The van der Waals surface area contributed by atoms with Crippen LogP contribution in [0.1, 0.15) is 27.7 Å². The molecule has 0 unspecified atom stereocenters. The van der Waals surface area contributed by atoms with E-state index >= 15 is 0 Å². The minimum Gasteiger partial charge on any atom is -0.476 e. The molecule has 1 aromatic heterocycles. The average molecular weight is 283 g/mol. The molecule has 0 amide bonds. The van der Waals surface area contributed by atoms with Crippen LogP contribution >= 0.6 is 0 Å². The van der Waals surface area contributed by atoms with Gasteiger partial charge in [-0.05, 0) is 17.7 Å². The summed E-state index contributed by atoms with van der Waals surface area (Å²) < 4.78 is 1.60. The fourth-order valence-electron chi connectivity index (χ4n) is 2.39. The number of aromatic nitrogens is 3. The van der Waals surface area contributed by atoms with E-state index in [1.54, 1.807) is 10.7 Å². The lowest BCUT2D eigenvalue weighted by Gasteiger charge is -2.38. The van der Waals surface area contributed by atoms with Crippen molar-refractivity contribution in [1.29, 1.82) is 5.26 Å². The van der Waals surface area contributed by atoms with Crippen LogP contribution in [0.15, 0.2) is 30.5 Å². The zero-order valence-corrected chi connectivity index (χ0v) is 11.2. The average Bonchev–Trinajstić information content (AvgIpc) is 2.92. The van der Waals surface area contributed by atoms with Crippen molar-refractivity contribution in [2.24, 2.45) is 0 Å². The molecule has 0 saturated carbocycles. The van der Waals surface area contributed by atoms with Crippen molar-refractivity contribution in [2.45, 2.75) is 12.6 Å². The van der Waals surface area contributed by atoms with Gasteiger partial charge in [-0.3, -0.25) is 4.90 Å². The van der Waals surface area contributed by atoms with Crippen molar-refractivity contribution >= 4 is 5.97 Å². The molecule has 1 aromatic carbocycles. The fourth-order valence-corrected chi connectivity index (χ4v) is 2.39. The minimum atomic E-state index is -1.06. The lowest BCUT2D eigenvalue weighted by atomic mass is 10.1. The first-order chi connectivity index (χ1) is 10.2. The summed E-state index contributed by atoms with van der Waals surface area (Å²) in [5.41, 5.74) is 1.72. The molecule has 1 aliphatic rings. The summed E-state index contributed by atoms with van der Waals surface area (Å²) in [4.78, 5) is 13.0. The highest BCUT2D eigenvalue weighted by Crippen LogP contribution is 2.22. The number of hydrogen-bond acceptors (Lipinski definition) is 5. The Balaban J connectivity index is 1.58. The van der Waals surface area contributed by atoms with Gasteiger partial charge in [0.05, 0.1) is 23.9 Å². The first kappa shape index (κ1) is 13.3. The van der Waals surface area contributed by atoms with E-state index in [1.165, 1.54) is 6.20 Å². The lowest BCUT2D eigenvalue weighted by Crippen LogP contribution is -2.47. The molecular formula is C14H13N5O2. The van der Waals surface area contributed by atoms with Gasteiger partial charge in [0.25, 0.3) is 0 Å². The van der Waals surface area contributed by atoms with Gasteiger partial charge < -0.3 is 5.11 Å². The van der Waals surface area contributed by atoms with E-state index < -0.39 is 5.97 Å². The van der Waals surface area contributed by atoms with Crippen LogP contribution in [0, 0.1) is 11.3 Å². The summed E-state index contributed by atoms with van der Waals surface area (Å²) in [5, 5.41) is 25.1. The summed E-state index contributed by atoms with van der Waals surface area (Å²) in [5.74, 6) is -1.06. The number of rotatable bonds is 4. The van der Waals surface area contributed by atoms with E-state index in [-0.39, 0.29) is 11.7 Å². The maximum absolute atomic E-state index is 10.8. The second-order valence-electron chi connectivity index (χ2n) is 5.05. The van der Waals surface area contributed by atoms with Crippen molar-refractivity contribution in [3.8, 4) is 6.07 Å². The van der Waals surface area contributed by atoms with Crippen molar-refractivity contribution < 1.29 is 9.90 Å². The molecule has 106 valence electrons. The Labute approximate surface area is 121 Å². The van der Waals surface area contributed by atoms with Gasteiger partial charge in [-0.2, -0.15) is 5.26 Å². The maximum atomic E-state index is 10.8. The number of nitrogens with zero attached hydrogens (tertiary/aromatic N) is 5. The highest BCUT2D eigenvalue weighted by molar-refractivity contribution is 5.84. The van der Waals surface area contributed by atoms with E-state index in [9.17, 15) is 4.79 Å². The highest BCUT2D eigenvalue weighted by Gasteiger charge is 2.29. The molecule has 7 heteroatoms. The van der Waals surface area contributed by atoms with Gasteiger partial charge in [0.2, 0.25) is 0 Å². The van der Waals surface area contributed by atoms with E-state index in [0.29, 0.717) is 5.56 Å². The Kier molecular flexibility index (Phi) is 3.38. The van der Waals surface area contributed by atoms with Crippen LogP contribution < -0.4 is 0 Å². The molecule has 0 bridgehead atoms. The number of nitriles is 1. The molecule has 2 aromatic rings. The van der Waals surface area contributed by atoms with Crippen molar-refractivity contribution in [1.82, 2.24) is 19.9 Å². The Morgan fingerprint density at radius 2 is 2.29 bits per heavy atom. The number of carbonyl (C=O) groups is 1. The van der Waals surface area contributed by atoms with E-state index in [1.807, 2.05) is 18.2 Å². The summed E-state index contributed by atoms with van der Waals surface area (Å²) in [7, 11) is 0. The number of benzene rings is 1. The van der Waals surface area contributed by atoms with Gasteiger partial charge in [0.15, 0.2) is 5.69 Å². The third-order valence-corrected chi connectivity index (χ3v) is 3.50. The molecule has 1 saturated heterocycles. The second-order valence-corrected chi connectivity index (χ2v) is 5.05. The third-order valence-electron chi connectivity index (χ3n) is 3.50. The number of carboxylic acid groups (broad SMARTS) is 1. The molecule has 1 fully saturated rings. The molecule has 0 aliphatic carbocycles. The first-order valence-electron chi connectivity index (χ1n) is 6.52. The molecule has 0 spiro atoms. The maximum Gasteiger partial charge on any atom is 0.358 e. The summed E-state index contributed by atoms with van der Waals surface area (Å²) in [6.07, 6.45) is 1.46. The van der Waals surface area contributed by atoms with Gasteiger partial charge in [-0.1, -0.05) is 17.3 Å². The van der Waals surface area contributed by atoms with Gasteiger partial charge in [0.1, 0.15) is 0 Å². The molecule has 0 radical (unpaired) electrons. The van der Waals surface area contributed by atoms with Gasteiger partial charge in [-0.15, -0.1) is 5.10 Å². The molecule has 1 aliphatic heterocycles. The quantitative estimate of drug-likeness (QED) is 0.896. The van der Waals surface area contributed by atoms with Crippen LogP contribution in [0.25, 0.3) is 0 Å². The van der Waals surface area contributed by atoms with Gasteiger partial charge >= 0.3 is 5.97 Å². The Bertz CT molecular complexity index is 712. The summed E-state index contributed by atoms with van der Waals surface area (Å²) in [6.45, 7) is 2.35. The van der Waals surface area contributed by atoms with E-state index in [2.05, 4.69) is 21.3 Å². The highest BCUT2D eigenvalue weighted by atomic mass is 16.4. The number of carboxylic acids is 1. The van der Waals surface area contributed by atoms with Crippen LogP contribution in [0.5, 0.6) is 0 Å². The van der Waals surface area contributed by atoms with Crippen molar-refractivity contribution in [3.05, 3.63) is 47.3 Å². The normalized spacial score (nSPS) is 15.4. The standard InChI is InChI=1S/C14H13N5O2/c15-5-10-2-1-3-11(4-10)6-18-7-12(8-18)19-9-13(14(20)21)16-17-19/h1-4,9,12H,6-8H2,(H,20,21). The van der Waals surface area contributed by atoms with Crippen molar-refractivity contribution in [2.75, 3.05) is 13.1 Å². The topological polar surface area (TPSA) is 95.0 Å². The monoisotopic (exact) mass is 283 g/mol. The van der Waals surface area contributed by atoms with E-state index in [0.717, 1.165) is 25.2 Å². The van der Waals surface area contributed by atoms with Crippen molar-refractivity contribution in [3.63, 3.8) is 0 Å². The largest absolute Gasteiger partial charge is 0.476 e. The van der Waals surface area contributed by atoms with Gasteiger partial charge in [0, 0.05) is 19.6 Å². The Morgan fingerprint density at radius 1 is 1.48 bits per heavy atom. The van der Waals surface area contributed by atoms with Crippen LogP contribution in [0.4, 0.5) is 0 Å². The SMILES string of the molecule is N#Cc1cccc(CN2CC(n3cc(C(=O)O)nn3)C2)c1. The molecule has 0 atom stereocenters. The number of aromatic carboxylic acids is 1. The Morgan fingerprint density at radius 3 is 2.95 bits per heavy atom. The van der Waals surface area contributed by atoms with Gasteiger partial charge in [-0.25, -0.2) is 9.48 Å². The summed E-state index contributed by atoms with van der Waals surface area (Å²) >= 11 is 0. The zero-order chi connectivity index (χ0) is 14.8.